The van der Waals surface area contributed by atoms with Crippen LogP contribution in [0.2, 0.25) is 5.02 Å². The van der Waals surface area contributed by atoms with Crippen LogP contribution in [0.15, 0.2) is 42.5 Å². The van der Waals surface area contributed by atoms with Gasteiger partial charge in [0.25, 0.3) is 0 Å². The van der Waals surface area contributed by atoms with Crippen molar-refractivity contribution in [2.45, 2.75) is 37.6 Å². The summed E-state index contributed by atoms with van der Waals surface area (Å²) in [5.41, 5.74) is 2.90. The summed E-state index contributed by atoms with van der Waals surface area (Å²) < 4.78 is 5.31. The topological polar surface area (TPSA) is 79.0 Å². The molecule has 0 unspecified atom stereocenters. The number of anilines is 2. The minimum atomic E-state index is -0.472. The summed E-state index contributed by atoms with van der Waals surface area (Å²) in [5, 5.41) is 2.76. The number of halogens is 1. The molecule has 0 radical (unpaired) electrons. The zero-order chi connectivity index (χ0) is 21.6. The monoisotopic (exact) mass is 439 g/mol. The smallest absolute Gasteiger partial charge is 0.414 e. The Labute approximate surface area is 184 Å². The van der Waals surface area contributed by atoms with Crippen molar-refractivity contribution in [3.05, 3.63) is 47.5 Å². The molecular weight excluding hydrogens is 418 g/mol. The number of amides is 4. The fourth-order valence-corrected chi connectivity index (χ4v) is 5.01. The lowest BCUT2D eigenvalue weighted by Gasteiger charge is -2.52. The zero-order valence-electron chi connectivity index (χ0n) is 16.9. The van der Waals surface area contributed by atoms with Gasteiger partial charge in [0.2, 0.25) is 5.91 Å². The molecule has 1 N–H and O–H groups in total. The number of benzene rings is 2. The van der Waals surface area contributed by atoms with Crippen LogP contribution < -0.4 is 15.1 Å². The van der Waals surface area contributed by atoms with Crippen LogP contribution in [0, 0.1) is 0 Å². The molecule has 3 fully saturated rings. The number of hydrogen-bond acceptors (Lipinski definition) is 4. The van der Waals surface area contributed by atoms with Crippen LogP contribution in [-0.2, 0) is 9.53 Å². The molecule has 3 aliphatic rings. The van der Waals surface area contributed by atoms with Gasteiger partial charge in [0.1, 0.15) is 0 Å². The minimum Gasteiger partial charge on any atom is -0.449 e. The number of ether oxygens (including phenoxy) is 1. The Hall–Kier alpha value is -3.06. The van der Waals surface area contributed by atoms with E-state index in [9.17, 15) is 14.4 Å². The zero-order valence-corrected chi connectivity index (χ0v) is 17.7. The average Bonchev–Trinajstić information content (AvgIpc) is 2.73. The Morgan fingerprint density at radius 2 is 1.77 bits per heavy atom. The molecule has 1 spiro atoms. The Balaban J connectivity index is 1.45. The van der Waals surface area contributed by atoms with Crippen molar-refractivity contribution < 1.29 is 19.1 Å². The summed E-state index contributed by atoms with van der Waals surface area (Å²) in [6.07, 6.45) is 3.92. The highest BCUT2D eigenvalue weighted by Crippen LogP contribution is 2.46. The van der Waals surface area contributed by atoms with Gasteiger partial charge in [-0.3, -0.25) is 19.9 Å². The van der Waals surface area contributed by atoms with Crippen molar-refractivity contribution in [2.24, 2.45) is 0 Å². The van der Waals surface area contributed by atoms with E-state index < -0.39 is 6.03 Å². The quantitative estimate of drug-likeness (QED) is 0.750. The average molecular weight is 440 g/mol. The van der Waals surface area contributed by atoms with Gasteiger partial charge < -0.3 is 4.74 Å². The number of rotatable bonds is 3. The van der Waals surface area contributed by atoms with Gasteiger partial charge in [0.15, 0.2) is 0 Å². The van der Waals surface area contributed by atoms with Crippen molar-refractivity contribution >= 4 is 41.0 Å². The fraction of sp³-hybridized carbons (Fsp3) is 0.348. The van der Waals surface area contributed by atoms with Crippen molar-refractivity contribution in [2.75, 3.05) is 23.0 Å². The van der Waals surface area contributed by atoms with Gasteiger partial charge >= 0.3 is 12.1 Å². The predicted molar refractivity (Wildman–Crippen MR) is 117 cm³/mol. The third kappa shape index (κ3) is 3.33. The van der Waals surface area contributed by atoms with E-state index in [4.69, 9.17) is 16.3 Å². The van der Waals surface area contributed by atoms with E-state index in [0.717, 1.165) is 42.5 Å². The molecule has 2 saturated heterocycles. The molecule has 2 aromatic rings. The maximum atomic E-state index is 12.5. The molecular formula is C23H22ClN3O4. The van der Waals surface area contributed by atoms with E-state index in [1.807, 2.05) is 36.4 Å². The van der Waals surface area contributed by atoms with Crippen LogP contribution >= 0.6 is 11.6 Å². The van der Waals surface area contributed by atoms with E-state index in [0.29, 0.717) is 17.3 Å². The molecule has 2 aromatic carbocycles. The molecule has 160 valence electrons. The van der Waals surface area contributed by atoms with Crippen LogP contribution in [0.25, 0.3) is 11.1 Å². The van der Waals surface area contributed by atoms with Gasteiger partial charge in [0, 0.05) is 30.6 Å². The fourth-order valence-electron chi connectivity index (χ4n) is 4.67. The first kappa shape index (κ1) is 19.9. The predicted octanol–water partition coefficient (Wildman–Crippen LogP) is 4.72. The van der Waals surface area contributed by atoms with Crippen molar-refractivity contribution in [1.29, 1.82) is 0 Å². The third-order valence-electron chi connectivity index (χ3n) is 6.49. The lowest BCUT2D eigenvalue weighted by molar-refractivity contribution is -0.120. The molecule has 1 aliphatic carbocycles. The molecule has 7 nitrogen and oxygen atoms in total. The molecule has 5 rings (SSSR count). The van der Waals surface area contributed by atoms with Crippen LogP contribution in [0.5, 0.6) is 0 Å². The lowest BCUT2D eigenvalue weighted by atomic mass is 9.72. The number of urea groups is 1. The number of imide groups is 1. The summed E-state index contributed by atoms with van der Waals surface area (Å²) in [4.78, 5) is 39.5. The van der Waals surface area contributed by atoms with Gasteiger partial charge in [-0.15, -0.1) is 0 Å². The highest BCUT2D eigenvalue weighted by atomic mass is 35.5. The molecule has 2 heterocycles. The van der Waals surface area contributed by atoms with Gasteiger partial charge in [-0.05, 0) is 43.0 Å². The first-order chi connectivity index (χ1) is 15.0. The van der Waals surface area contributed by atoms with E-state index >= 15 is 0 Å². The molecule has 0 aromatic heterocycles. The number of nitrogens with one attached hydrogen (secondary N) is 1. The largest absolute Gasteiger partial charge is 0.449 e. The number of carbonyl (C=O) groups excluding carboxylic acids is 3. The summed E-state index contributed by atoms with van der Waals surface area (Å²) in [6.45, 7) is 0.761. The van der Waals surface area contributed by atoms with E-state index in [1.165, 1.54) is 4.90 Å². The standard InChI is InChI=1S/C23H22ClN3O4/c24-20-17(3-1-4-18(20)26-13-9-19(28)25-21(26)29)15-5-7-16(8-6-15)27-22(30)31-14-12-23(27)10-2-11-23/h1,3-8H,2,9-14H2,(H,25,28,29). The van der Waals surface area contributed by atoms with Gasteiger partial charge in [-0.25, -0.2) is 9.59 Å². The van der Waals surface area contributed by atoms with E-state index in [2.05, 4.69) is 5.32 Å². The van der Waals surface area contributed by atoms with Gasteiger partial charge in [-0.1, -0.05) is 35.9 Å². The summed E-state index contributed by atoms with van der Waals surface area (Å²) >= 11 is 6.68. The number of hydrogen-bond donors (Lipinski definition) is 1. The molecule has 4 amide bonds. The van der Waals surface area contributed by atoms with E-state index in [-0.39, 0.29) is 30.5 Å². The highest BCUT2D eigenvalue weighted by Gasteiger charge is 2.48. The maximum Gasteiger partial charge on any atom is 0.414 e. The Kier molecular flexibility index (Phi) is 4.85. The second-order valence-corrected chi connectivity index (χ2v) is 8.60. The Morgan fingerprint density at radius 1 is 1.00 bits per heavy atom. The van der Waals surface area contributed by atoms with Crippen LogP contribution in [-0.4, -0.2) is 36.7 Å². The van der Waals surface area contributed by atoms with Crippen molar-refractivity contribution in [3.8, 4) is 11.1 Å². The summed E-state index contributed by atoms with van der Waals surface area (Å²) in [7, 11) is 0. The SMILES string of the molecule is O=C1CCN(c2cccc(-c3ccc(N4C(=O)OCCC45CCC5)cc3)c2Cl)C(=O)N1. The van der Waals surface area contributed by atoms with Crippen LogP contribution in [0.4, 0.5) is 21.0 Å². The molecule has 0 atom stereocenters. The van der Waals surface area contributed by atoms with Gasteiger partial charge in [-0.2, -0.15) is 0 Å². The number of nitrogens with zero attached hydrogens (tertiary/aromatic N) is 2. The molecule has 1 saturated carbocycles. The Morgan fingerprint density at radius 3 is 2.45 bits per heavy atom. The maximum absolute atomic E-state index is 12.5. The Bertz CT molecular complexity index is 1060. The minimum absolute atomic E-state index is 0.118. The third-order valence-corrected chi connectivity index (χ3v) is 6.89. The first-order valence-corrected chi connectivity index (χ1v) is 10.8. The second-order valence-electron chi connectivity index (χ2n) is 8.22. The second kappa shape index (κ2) is 7.57. The van der Waals surface area contributed by atoms with Crippen LogP contribution in [0.1, 0.15) is 32.1 Å². The van der Waals surface area contributed by atoms with Gasteiger partial charge in [0.05, 0.1) is 22.9 Å². The summed E-state index contributed by atoms with van der Waals surface area (Å²) in [6, 6.07) is 12.7. The molecule has 8 heteroatoms. The normalized spacial score (nSPS) is 20.4. The molecule has 31 heavy (non-hydrogen) atoms. The highest BCUT2D eigenvalue weighted by molar-refractivity contribution is 6.36. The van der Waals surface area contributed by atoms with Crippen molar-refractivity contribution in [3.63, 3.8) is 0 Å². The molecule has 2 aliphatic heterocycles. The summed E-state index contributed by atoms with van der Waals surface area (Å²) in [5.74, 6) is -0.287. The molecule has 0 bridgehead atoms. The number of cyclic esters (lactones) is 1. The van der Waals surface area contributed by atoms with Crippen LogP contribution in [0.3, 0.4) is 0 Å². The van der Waals surface area contributed by atoms with Crippen molar-refractivity contribution in [1.82, 2.24) is 5.32 Å². The van der Waals surface area contributed by atoms with E-state index in [1.54, 1.807) is 11.0 Å². The number of carbonyl (C=O) groups is 3. The first-order valence-electron chi connectivity index (χ1n) is 10.5. The lowest BCUT2D eigenvalue weighted by Crippen LogP contribution is -2.60.